The van der Waals surface area contributed by atoms with E-state index in [1.54, 1.807) is 36.4 Å². The van der Waals surface area contributed by atoms with Crippen molar-refractivity contribution in [2.75, 3.05) is 49.6 Å². The first kappa shape index (κ1) is 22.1. The van der Waals surface area contributed by atoms with Gasteiger partial charge in [0.1, 0.15) is 0 Å². The van der Waals surface area contributed by atoms with Gasteiger partial charge in [-0.25, -0.2) is 8.42 Å². The third-order valence-corrected chi connectivity index (χ3v) is 7.73. The smallest absolute Gasteiger partial charge is 0.257 e. The van der Waals surface area contributed by atoms with Crippen LogP contribution in [0.15, 0.2) is 47.4 Å². The van der Waals surface area contributed by atoms with Crippen LogP contribution in [-0.4, -0.2) is 58.0 Å². The van der Waals surface area contributed by atoms with Gasteiger partial charge in [-0.1, -0.05) is 17.7 Å². The molecule has 0 unspecified atom stereocenters. The number of carbonyl (C=O) groups excluding carboxylic acids is 1. The number of carbonyl (C=O) groups is 1. The normalized spacial score (nSPS) is 18.0. The van der Waals surface area contributed by atoms with E-state index in [1.165, 1.54) is 10.4 Å². The number of piperidine rings is 1. The molecule has 0 atom stereocenters. The van der Waals surface area contributed by atoms with E-state index in [4.69, 9.17) is 16.3 Å². The van der Waals surface area contributed by atoms with Crippen LogP contribution in [0, 0.1) is 0 Å². The quantitative estimate of drug-likeness (QED) is 0.732. The number of morpholine rings is 1. The maximum atomic E-state index is 13.2. The molecule has 0 bridgehead atoms. The third-order valence-electron chi connectivity index (χ3n) is 5.60. The van der Waals surface area contributed by atoms with E-state index in [2.05, 4.69) is 10.2 Å². The highest BCUT2D eigenvalue weighted by atomic mass is 35.5. The molecule has 9 heteroatoms. The number of sulfonamides is 1. The number of hydrogen-bond acceptors (Lipinski definition) is 5. The van der Waals surface area contributed by atoms with Crippen molar-refractivity contribution in [2.45, 2.75) is 24.2 Å². The van der Waals surface area contributed by atoms with E-state index in [-0.39, 0.29) is 10.8 Å². The molecule has 2 aromatic rings. The standard InChI is InChI=1S/C22H26ClN3O4S/c23-17-5-4-6-18(15-17)24-22(27)20-16-19(31(28,29)26-11-13-30-14-12-26)7-8-21(20)25-9-2-1-3-10-25/h4-8,15-16H,1-3,9-14H2,(H,24,27). The lowest BCUT2D eigenvalue weighted by Crippen LogP contribution is -2.40. The van der Waals surface area contributed by atoms with Gasteiger partial charge < -0.3 is 15.0 Å². The molecule has 2 aromatic carbocycles. The van der Waals surface area contributed by atoms with Gasteiger partial charge in [0.25, 0.3) is 5.91 Å². The second-order valence-electron chi connectivity index (χ2n) is 7.71. The van der Waals surface area contributed by atoms with E-state index < -0.39 is 10.0 Å². The lowest BCUT2D eigenvalue weighted by Gasteiger charge is -2.31. The molecule has 2 heterocycles. The first-order valence-corrected chi connectivity index (χ1v) is 12.3. The zero-order valence-electron chi connectivity index (χ0n) is 17.2. The monoisotopic (exact) mass is 463 g/mol. The predicted molar refractivity (Wildman–Crippen MR) is 121 cm³/mol. The van der Waals surface area contributed by atoms with E-state index >= 15 is 0 Å². The molecule has 0 saturated carbocycles. The SMILES string of the molecule is O=C(Nc1cccc(Cl)c1)c1cc(S(=O)(=O)N2CCOCC2)ccc1N1CCCCC1. The second kappa shape index (κ2) is 9.56. The Kier molecular flexibility index (Phi) is 6.81. The second-order valence-corrected chi connectivity index (χ2v) is 10.1. The summed E-state index contributed by atoms with van der Waals surface area (Å²) in [5, 5.41) is 3.37. The van der Waals surface area contributed by atoms with Crippen molar-refractivity contribution in [1.82, 2.24) is 4.31 Å². The number of anilines is 2. The van der Waals surface area contributed by atoms with Gasteiger partial charge in [0, 0.05) is 42.6 Å². The molecule has 1 amide bonds. The van der Waals surface area contributed by atoms with E-state index in [1.807, 2.05) is 0 Å². The summed E-state index contributed by atoms with van der Waals surface area (Å²) in [6, 6.07) is 11.7. The van der Waals surface area contributed by atoms with E-state index in [0.717, 1.165) is 38.0 Å². The fourth-order valence-electron chi connectivity index (χ4n) is 3.97. The minimum Gasteiger partial charge on any atom is -0.379 e. The molecular weight excluding hydrogens is 438 g/mol. The first-order valence-electron chi connectivity index (χ1n) is 10.5. The Morgan fingerprint density at radius 1 is 0.968 bits per heavy atom. The van der Waals surface area contributed by atoms with Crippen molar-refractivity contribution < 1.29 is 17.9 Å². The number of nitrogens with zero attached hydrogens (tertiary/aromatic N) is 2. The summed E-state index contributed by atoms with van der Waals surface area (Å²) in [7, 11) is -3.71. The number of benzene rings is 2. The maximum absolute atomic E-state index is 13.2. The topological polar surface area (TPSA) is 79.0 Å². The van der Waals surface area contributed by atoms with Gasteiger partial charge in [0.2, 0.25) is 10.0 Å². The Labute approximate surface area is 188 Å². The molecule has 4 rings (SSSR count). The average Bonchev–Trinajstić information content (AvgIpc) is 2.80. The third kappa shape index (κ3) is 5.03. The van der Waals surface area contributed by atoms with Gasteiger partial charge >= 0.3 is 0 Å². The van der Waals surface area contributed by atoms with Gasteiger partial charge in [-0.05, 0) is 55.7 Å². The minimum absolute atomic E-state index is 0.117. The van der Waals surface area contributed by atoms with Gasteiger partial charge in [0.05, 0.1) is 23.7 Å². The summed E-state index contributed by atoms with van der Waals surface area (Å²) >= 11 is 6.04. The molecule has 7 nitrogen and oxygen atoms in total. The van der Waals surface area contributed by atoms with Crippen LogP contribution in [0.2, 0.25) is 5.02 Å². The summed E-state index contributed by atoms with van der Waals surface area (Å²) in [4.78, 5) is 15.5. The summed E-state index contributed by atoms with van der Waals surface area (Å²) in [6.07, 6.45) is 3.25. The number of amides is 1. The largest absolute Gasteiger partial charge is 0.379 e. The molecule has 0 radical (unpaired) electrons. The fourth-order valence-corrected chi connectivity index (χ4v) is 5.59. The van der Waals surface area contributed by atoms with Crippen LogP contribution in [0.1, 0.15) is 29.6 Å². The van der Waals surface area contributed by atoms with Crippen LogP contribution in [0.25, 0.3) is 0 Å². The number of nitrogens with one attached hydrogen (secondary N) is 1. The Hall–Kier alpha value is -2.13. The average molecular weight is 464 g/mol. The van der Waals surface area contributed by atoms with Crippen LogP contribution in [0.5, 0.6) is 0 Å². The zero-order chi connectivity index (χ0) is 21.8. The molecule has 0 spiro atoms. The summed E-state index contributed by atoms with van der Waals surface area (Å²) in [6.45, 7) is 3.03. The molecule has 31 heavy (non-hydrogen) atoms. The number of rotatable bonds is 5. The first-order chi connectivity index (χ1) is 14.9. The molecular formula is C22H26ClN3O4S. The van der Waals surface area contributed by atoms with Crippen molar-refractivity contribution >= 4 is 38.9 Å². The summed E-state index contributed by atoms with van der Waals surface area (Å²) in [5.74, 6) is -0.359. The molecule has 2 aliphatic heterocycles. The summed E-state index contributed by atoms with van der Waals surface area (Å²) in [5.41, 5.74) is 1.65. The van der Waals surface area contributed by atoms with Crippen molar-refractivity contribution in [3.63, 3.8) is 0 Å². The Bertz CT molecular complexity index is 1050. The van der Waals surface area contributed by atoms with Crippen molar-refractivity contribution in [3.05, 3.63) is 53.1 Å². The van der Waals surface area contributed by atoms with Crippen LogP contribution in [0.4, 0.5) is 11.4 Å². The van der Waals surface area contributed by atoms with Gasteiger partial charge in [-0.2, -0.15) is 4.31 Å². The number of halogens is 1. The molecule has 1 N–H and O–H groups in total. The lowest BCUT2D eigenvalue weighted by molar-refractivity contribution is 0.0730. The maximum Gasteiger partial charge on any atom is 0.257 e. The molecule has 2 aliphatic rings. The van der Waals surface area contributed by atoms with E-state index in [0.29, 0.717) is 42.6 Å². The minimum atomic E-state index is -3.71. The van der Waals surface area contributed by atoms with Crippen LogP contribution >= 0.6 is 11.6 Å². The fraction of sp³-hybridized carbons (Fsp3) is 0.409. The zero-order valence-corrected chi connectivity index (χ0v) is 18.8. The highest BCUT2D eigenvalue weighted by Crippen LogP contribution is 2.29. The molecule has 2 fully saturated rings. The van der Waals surface area contributed by atoms with Gasteiger partial charge in [-0.15, -0.1) is 0 Å². The summed E-state index contributed by atoms with van der Waals surface area (Å²) < 4.78 is 33.0. The highest BCUT2D eigenvalue weighted by Gasteiger charge is 2.29. The van der Waals surface area contributed by atoms with Crippen LogP contribution in [0.3, 0.4) is 0 Å². The van der Waals surface area contributed by atoms with Crippen LogP contribution in [-0.2, 0) is 14.8 Å². The molecule has 0 aromatic heterocycles. The molecule has 0 aliphatic carbocycles. The molecule has 2 saturated heterocycles. The van der Waals surface area contributed by atoms with Crippen molar-refractivity contribution in [2.24, 2.45) is 0 Å². The Balaban J connectivity index is 1.70. The number of hydrogen-bond donors (Lipinski definition) is 1. The predicted octanol–water partition coefficient (Wildman–Crippen LogP) is 3.60. The number of ether oxygens (including phenoxy) is 1. The highest BCUT2D eigenvalue weighted by molar-refractivity contribution is 7.89. The molecule has 166 valence electrons. The van der Waals surface area contributed by atoms with E-state index in [9.17, 15) is 13.2 Å². The van der Waals surface area contributed by atoms with Crippen molar-refractivity contribution in [1.29, 1.82) is 0 Å². The lowest BCUT2D eigenvalue weighted by atomic mass is 10.1. The Morgan fingerprint density at radius 3 is 2.42 bits per heavy atom. The van der Waals surface area contributed by atoms with Crippen molar-refractivity contribution in [3.8, 4) is 0 Å². The van der Waals surface area contributed by atoms with Gasteiger partial charge in [0.15, 0.2) is 0 Å². The van der Waals surface area contributed by atoms with Crippen LogP contribution < -0.4 is 10.2 Å². The van der Waals surface area contributed by atoms with Gasteiger partial charge in [-0.3, -0.25) is 4.79 Å². The Morgan fingerprint density at radius 2 is 1.71 bits per heavy atom.